The SMILES string of the molecule is Nc1nc(-n2cc(C(F)(F)F)cn2)c(F)cc1F. The summed E-state index contributed by atoms with van der Waals surface area (Å²) in [6.07, 6.45) is -3.58. The van der Waals surface area contributed by atoms with Crippen molar-refractivity contribution in [2.24, 2.45) is 0 Å². The molecule has 0 aliphatic rings. The minimum absolute atomic E-state index is 0.423. The van der Waals surface area contributed by atoms with E-state index < -0.39 is 35.0 Å². The third-order valence-electron chi connectivity index (χ3n) is 2.07. The molecular formula is C9H5F5N4. The number of rotatable bonds is 1. The van der Waals surface area contributed by atoms with Crippen LogP contribution in [0.15, 0.2) is 18.5 Å². The Bertz CT molecular complexity index is 589. The first-order valence-electron chi connectivity index (χ1n) is 4.53. The standard InChI is InChI=1S/C9H5F5N4/c10-5-1-6(11)8(17-7(5)15)18-3-4(2-16-18)9(12,13)14/h1-3H,(H2,15,17). The third kappa shape index (κ3) is 2.11. The van der Waals surface area contributed by atoms with Gasteiger partial charge >= 0.3 is 6.18 Å². The Kier molecular flexibility index (Phi) is 2.68. The van der Waals surface area contributed by atoms with Gasteiger partial charge in [0, 0.05) is 12.3 Å². The van der Waals surface area contributed by atoms with Gasteiger partial charge in [-0.25, -0.2) is 18.4 Å². The third-order valence-corrected chi connectivity index (χ3v) is 2.07. The minimum atomic E-state index is -4.61. The molecule has 0 radical (unpaired) electrons. The highest BCUT2D eigenvalue weighted by Gasteiger charge is 2.32. The summed E-state index contributed by atoms with van der Waals surface area (Å²) < 4.78 is 63.6. The van der Waals surface area contributed by atoms with Gasteiger partial charge in [0.2, 0.25) is 0 Å². The number of aromatic nitrogens is 3. The Morgan fingerprint density at radius 3 is 2.39 bits per heavy atom. The number of pyridine rings is 1. The molecule has 0 saturated heterocycles. The number of nitrogen functional groups attached to an aromatic ring is 1. The second-order valence-electron chi connectivity index (χ2n) is 3.33. The Hall–Kier alpha value is -2.19. The van der Waals surface area contributed by atoms with Crippen molar-refractivity contribution in [1.29, 1.82) is 0 Å². The van der Waals surface area contributed by atoms with Crippen molar-refractivity contribution in [3.8, 4) is 5.82 Å². The summed E-state index contributed by atoms with van der Waals surface area (Å²) in [5, 5.41) is 3.30. The van der Waals surface area contributed by atoms with E-state index in [1.165, 1.54) is 0 Å². The molecule has 2 rings (SSSR count). The predicted octanol–water partition coefficient (Wildman–Crippen LogP) is 2.15. The van der Waals surface area contributed by atoms with E-state index in [2.05, 4.69) is 10.1 Å². The number of nitrogens with two attached hydrogens (primary N) is 1. The Balaban J connectivity index is 2.50. The van der Waals surface area contributed by atoms with Crippen molar-refractivity contribution in [1.82, 2.24) is 14.8 Å². The van der Waals surface area contributed by atoms with Gasteiger partial charge in [-0.3, -0.25) is 0 Å². The summed E-state index contributed by atoms with van der Waals surface area (Å²) >= 11 is 0. The highest BCUT2D eigenvalue weighted by molar-refractivity contribution is 5.38. The van der Waals surface area contributed by atoms with Gasteiger partial charge in [-0.1, -0.05) is 0 Å². The van der Waals surface area contributed by atoms with Crippen LogP contribution in [0.4, 0.5) is 27.8 Å². The van der Waals surface area contributed by atoms with Crippen molar-refractivity contribution in [2.75, 3.05) is 5.73 Å². The van der Waals surface area contributed by atoms with E-state index in [0.29, 0.717) is 23.1 Å². The average molecular weight is 264 g/mol. The Morgan fingerprint density at radius 1 is 1.17 bits per heavy atom. The van der Waals surface area contributed by atoms with Crippen molar-refractivity contribution in [2.45, 2.75) is 6.18 Å². The Labute approximate surface area is 96.8 Å². The van der Waals surface area contributed by atoms with Crippen LogP contribution in [0, 0.1) is 11.6 Å². The van der Waals surface area contributed by atoms with Gasteiger partial charge in [-0.05, 0) is 0 Å². The van der Waals surface area contributed by atoms with Crippen LogP contribution in [0.2, 0.25) is 0 Å². The quantitative estimate of drug-likeness (QED) is 0.803. The molecule has 0 fully saturated rings. The molecular weight excluding hydrogens is 259 g/mol. The summed E-state index contributed by atoms with van der Waals surface area (Å²) in [5.74, 6) is -3.50. The maximum Gasteiger partial charge on any atom is 0.419 e. The van der Waals surface area contributed by atoms with Gasteiger partial charge in [0.05, 0.1) is 11.8 Å². The molecule has 0 unspecified atom stereocenters. The number of hydrogen-bond acceptors (Lipinski definition) is 3. The van der Waals surface area contributed by atoms with Crippen LogP contribution >= 0.6 is 0 Å². The average Bonchev–Trinajstić information content (AvgIpc) is 2.72. The van der Waals surface area contributed by atoms with Crippen LogP contribution in [0.1, 0.15) is 5.56 Å². The summed E-state index contributed by atoms with van der Waals surface area (Å²) in [6.45, 7) is 0. The first-order valence-corrected chi connectivity index (χ1v) is 4.53. The van der Waals surface area contributed by atoms with Crippen LogP contribution in [-0.4, -0.2) is 14.8 Å². The number of alkyl halides is 3. The second kappa shape index (κ2) is 3.93. The molecule has 0 atom stereocenters. The van der Waals surface area contributed by atoms with Crippen molar-refractivity contribution in [3.05, 3.63) is 35.7 Å². The molecule has 4 nitrogen and oxygen atoms in total. The van der Waals surface area contributed by atoms with E-state index in [4.69, 9.17) is 5.73 Å². The minimum Gasteiger partial charge on any atom is -0.381 e. The smallest absolute Gasteiger partial charge is 0.381 e. The van der Waals surface area contributed by atoms with Crippen LogP contribution < -0.4 is 5.73 Å². The highest BCUT2D eigenvalue weighted by Crippen LogP contribution is 2.29. The summed E-state index contributed by atoms with van der Waals surface area (Å²) in [5.41, 5.74) is 4.03. The number of anilines is 1. The lowest BCUT2D eigenvalue weighted by Gasteiger charge is -2.04. The van der Waals surface area contributed by atoms with E-state index in [1.54, 1.807) is 0 Å². The lowest BCUT2D eigenvalue weighted by atomic mass is 10.3. The van der Waals surface area contributed by atoms with Crippen LogP contribution in [-0.2, 0) is 6.18 Å². The van der Waals surface area contributed by atoms with Crippen LogP contribution in [0.5, 0.6) is 0 Å². The summed E-state index contributed by atoms with van der Waals surface area (Å²) in [4.78, 5) is 3.30. The lowest BCUT2D eigenvalue weighted by Crippen LogP contribution is -2.07. The molecule has 0 saturated carbocycles. The molecule has 0 aliphatic heterocycles. The molecule has 2 heterocycles. The zero-order valence-corrected chi connectivity index (χ0v) is 8.54. The lowest BCUT2D eigenvalue weighted by molar-refractivity contribution is -0.137. The van der Waals surface area contributed by atoms with E-state index in [9.17, 15) is 22.0 Å². The van der Waals surface area contributed by atoms with Crippen LogP contribution in [0.25, 0.3) is 5.82 Å². The predicted molar refractivity (Wildman–Crippen MR) is 50.7 cm³/mol. The molecule has 0 amide bonds. The van der Waals surface area contributed by atoms with Crippen molar-refractivity contribution < 1.29 is 22.0 Å². The van der Waals surface area contributed by atoms with E-state index in [0.717, 1.165) is 0 Å². The zero-order valence-electron chi connectivity index (χ0n) is 8.54. The van der Waals surface area contributed by atoms with Crippen molar-refractivity contribution >= 4 is 5.82 Å². The van der Waals surface area contributed by atoms with E-state index in [-0.39, 0.29) is 0 Å². The van der Waals surface area contributed by atoms with Gasteiger partial charge in [-0.15, -0.1) is 0 Å². The molecule has 0 spiro atoms. The first kappa shape index (κ1) is 12.3. The monoisotopic (exact) mass is 264 g/mol. The number of nitrogens with zero attached hydrogens (tertiary/aromatic N) is 3. The first-order chi connectivity index (χ1) is 8.29. The molecule has 0 aromatic carbocycles. The molecule has 9 heteroatoms. The van der Waals surface area contributed by atoms with Gasteiger partial charge in [0.1, 0.15) is 0 Å². The molecule has 96 valence electrons. The molecule has 2 aromatic heterocycles. The van der Waals surface area contributed by atoms with Gasteiger partial charge in [0.25, 0.3) is 0 Å². The maximum atomic E-state index is 13.3. The van der Waals surface area contributed by atoms with Crippen LogP contribution in [0.3, 0.4) is 0 Å². The second-order valence-corrected chi connectivity index (χ2v) is 3.33. The zero-order chi connectivity index (χ0) is 13.5. The molecule has 2 N–H and O–H groups in total. The highest BCUT2D eigenvalue weighted by atomic mass is 19.4. The molecule has 18 heavy (non-hydrogen) atoms. The maximum absolute atomic E-state index is 13.3. The van der Waals surface area contributed by atoms with Gasteiger partial charge < -0.3 is 5.73 Å². The normalized spacial score (nSPS) is 11.8. The van der Waals surface area contributed by atoms with Gasteiger partial charge in [0.15, 0.2) is 23.3 Å². The fourth-order valence-corrected chi connectivity index (χ4v) is 1.22. The van der Waals surface area contributed by atoms with E-state index in [1.807, 2.05) is 0 Å². The fraction of sp³-hybridized carbons (Fsp3) is 0.111. The van der Waals surface area contributed by atoms with Crippen molar-refractivity contribution in [3.63, 3.8) is 0 Å². The fourth-order valence-electron chi connectivity index (χ4n) is 1.22. The molecule has 0 aliphatic carbocycles. The summed E-state index contributed by atoms with van der Waals surface area (Å²) in [7, 11) is 0. The Morgan fingerprint density at radius 2 is 1.83 bits per heavy atom. The molecule has 0 bridgehead atoms. The summed E-state index contributed by atoms with van der Waals surface area (Å²) in [6, 6.07) is 0.423. The van der Waals surface area contributed by atoms with Gasteiger partial charge in [-0.2, -0.15) is 18.3 Å². The molecule has 2 aromatic rings. The topological polar surface area (TPSA) is 56.7 Å². The largest absolute Gasteiger partial charge is 0.419 e. The number of hydrogen-bond donors (Lipinski definition) is 1. The number of halogens is 5. The van der Waals surface area contributed by atoms with E-state index >= 15 is 0 Å².